The number of aliphatic carboxylic acids is 5. The van der Waals surface area contributed by atoms with E-state index in [1.807, 2.05) is 0 Å². The number of hydrogen-bond acceptors (Lipinski definition) is 16. The van der Waals surface area contributed by atoms with Gasteiger partial charge in [-0.2, -0.15) is 0 Å². The van der Waals surface area contributed by atoms with Crippen molar-refractivity contribution in [2.24, 2.45) is 28.7 Å². The summed E-state index contributed by atoms with van der Waals surface area (Å²) in [4.78, 5) is 45.7. The molecule has 0 spiro atoms. The van der Waals surface area contributed by atoms with Gasteiger partial charge in [0, 0.05) is 32.7 Å². The second-order valence-corrected chi connectivity index (χ2v) is 2.88. The van der Waals surface area contributed by atoms with Crippen molar-refractivity contribution in [2.45, 2.75) is 0 Å². The number of halogens is 1. The predicted octanol–water partition coefficient (Wildman–Crippen LogP) is -11.6. The molecule has 0 saturated heterocycles. The van der Waals surface area contributed by atoms with Crippen molar-refractivity contribution in [3.8, 4) is 0 Å². The Kier molecular flexibility index (Phi) is 88.4. The Labute approximate surface area is 197 Å². The number of carboxylic acids is 5. The summed E-state index contributed by atoms with van der Waals surface area (Å²) in [6.45, 7) is -1.94. The molecule has 0 amide bonds. The SMILES string of the molecule is Cl.NCC(=O)[O-].NCC(=O)[O-].NCC(=O)[O-].NCC(=O)[O-].NCC(=O)[O-].[Al+3].[O]=[Zr+2]. The standard InChI is InChI=1S/5C2H5NO2.Al.ClH.O.Zr/c5*3-1-2(4)5;;;;/h5*1,3H2,(H,4,5);;1H;;/q;;;;;+3;;;+2/p-5. The molecule has 0 aromatic heterocycles. The minimum absolute atomic E-state index is 0. The maximum atomic E-state index is 9.13. The van der Waals surface area contributed by atoms with E-state index in [0.29, 0.717) is 24.7 Å². The van der Waals surface area contributed by atoms with Crippen molar-refractivity contribution < 1.29 is 77.0 Å². The van der Waals surface area contributed by atoms with Crippen molar-refractivity contribution in [1.82, 2.24) is 0 Å². The van der Waals surface area contributed by atoms with Crippen LogP contribution in [-0.2, 0) is 51.5 Å². The van der Waals surface area contributed by atoms with Gasteiger partial charge in [0.05, 0.1) is 29.8 Å². The van der Waals surface area contributed by atoms with Crippen LogP contribution in [0.15, 0.2) is 0 Å². The van der Waals surface area contributed by atoms with Crippen molar-refractivity contribution in [2.75, 3.05) is 32.7 Å². The Balaban J connectivity index is -0.0000000305. The molecule has 0 bridgehead atoms. The van der Waals surface area contributed by atoms with E-state index < -0.39 is 29.8 Å². The van der Waals surface area contributed by atoms with Crippen molar-refractivity contribution >= 4 is 59.6 Å². The molecule has 10 N–H and O–H groups in total. The molecule has 0 aliphatic rings. The molecule has 0 radical (unpaired) electrons. The van der Waals surface area contributed by atoms with E-state index in [9.17, 15) is 0 Å². The zero-order chi connectivity index (χ0) is 23.4. The molecule has 16 nitrogen and oxygen atoms in total. The summed E-state index contributed by atoms with van der Waals surface area (Å²) in [5.74, 6) is -6.09. The van der Waals surface area contributed by atoms with Gasteiger partial charge in [-0.25, -0.2) is 0 Å². The van der Waals surface area contributed by atoms with Crippen LogP contribution in [-0.4, -0.2) is 79.9 Å². The van der Waals surface area contributed by atoms with E-state index in [2.05, 4.69) is 28.7 Å². The van der Waals surface area contributed by atoms with Crippen LogP contribution in [0.4, 0.5) is 0 Å². The quantitative estimate of drug-likeness (QED) is 0.202. The van der Waals surface area contributed by atoms with Gasteiger partial charge in [0.1, 0.15) is 0 Å². The molecule has 0 atom stereocenters. The first-order valence-corrected chi connectivity index (χ1v) is 7.06. The Morgan fingerprint density at radius 3 is 0.517 bits per heavy atom. The van der Waals surface area contributed by atoms with E-state index in [-0.39, 0.29) is 62.5 Å². The molecule has 29 heavy (non-hydrogen) atoms. The molecule has 0 unspecified atom stereocenters. The van der Waals surface area contributed by atoms with Gasteiger partial charge in [-0.05, 0) is 0 Å². The normalized spacial score (nSPS) is 6.59. The van der Waals surface area contributed by atoms with Crippen LogP contribution >= 0.6 is 12.4 Å². The summed E-state index contributed by atoms with van der Waals surface area (Å²) in [5.41, 5.74) is 22.5. The van der Waals surface area contributed by atoms with Crippen LogP contribution in [0.5, 0.6) is 0 Å². The zero-order valence-electron chi connectivity index (χ0n) is 14.9. The minimum atomic E-state index is -1.22. The molecule has 0 fully saturated rings. The van der Waals surface area contributed by atoms with Gasteiger partial charge in [0.15, 0.2) is 0 Å². The van der Waals surface area contributed by atoms with Crippen LogP contribution in [0, 0.1) is 0 Å². The molecular weight excluding hydrogens is 520 g/mol. The third-order valence-electron chi connectivity index (χ3n) is 0.833. The van der Waals surface area contributed by atoms with Crippen LogP contribution in [0.2, 0.25) is 0 Å². The van der Waals surface area contributed by atoms with Gasteiger partial charge >= 0.3 is 44.9 Å². The number of carbonyl (C=O) groups excluding carboxylic acids is 5. The fourth-order valence-electron chi connectivity index (χ4n) is 0. The Hall–Kier alpha value is -1.34. The molecule has 0 aromatic carbocycles. The summed E-state index contributed by atoms with van der Waals surface area (Å²) in [6.07, 6.45) is 0. The van der Waals surface area contributed by atoms with Gasteiger partial charge in [-0.15, -0.1) is 12.4 Å². The second kappa shape index (κ2) is 50.4. The number of hydrogen-bond donors (Lipinski definition) is 5. The fraction of sp³-hybridized carbons (Fsp3) is 0.500. The van der Waals surface area contributed by atoms with E-state index in [4.69, 9.17) is 52.3 Å². The summed E-state index contributed by atoms with van der Waals surface area (Å²) in [6, 6.07) is 0. The monoisotopic (exact) mass is 539 g/mol. The average molecular weight is 541 g/mol. The number of carbonyl (C=O) groups is 5. The van der Waals surface area contributed by atoms with E-state index in [0.717, 1.165) is 0 Å². The van der Waals surface area contributed by atoms with Crippen molar-refractivity contribution in [1.29, 1.82) is 0 Å². The zero-order valence-corrected chi connectivity index (χ0v) is 19.3. The maximum absolute atomic E-state index is 9.13. The number of carboxylic acid groups (broad SMARTS) is 5. The molecule has 0 aliphatic heterocycles. The van der Waals surface area contributed by atoms with E-state index in [1.54, 1.807) is 0 Å². The van der Waals surface area contributed by atoms with E-state index in [1.165, 1.54) is 0 Å². The Bertz CT molecular complexity index is 329. The second-order valence-electron chi connectivity index (χ2n) is 2.88. The summed E-state index contributed by atoms with van der Waals surface area (Å²) in [5, 5.41) is 45.7. The van der Waals surface area contributed by atoms with Gasteiger partial charge in [0.2, 0.25) is 0 Å². The van der Waals surface area contributed by atoms with Crippen LogP contribution in [0.25, 0.3) is 0 Å². The van der Waals surface area contributed by atoms with Crippen molar-refractivity contribution in [3.63, 3.8) is 0 Å². The first kappa shape index (κ1) is 50.9. The summed E-state index contributed by atoms with van der Waals surface area (Å²) in [7, 11) is 0. The predicted molar refractivity (Wildman–Crippen MR) is 84.0 cm³/mol. The average Bonchev–Trinajstić information content (AvgIpc) is 2.64. The third kappa shape index (κ3) is 216. The number of nitrogens with two attached hydrogens (primary N) is 5. The molecule has 166 valence electrons. The van der Waals surface area contributed by atoms with Crippen LogP contribution in [0.1, 0.15) is 0 Å². The van der Waals surface area contributed by atoms with Gasteiger partial charge < -0.3 is 78.2 Å². The molecule has 0 heterocycles. The van der Waals surface area contributed by atoms with Crippen molar-refractivity contribution in [3.05, 3.63) is 0 Å². The molecule has 0 aliphatic carbocycles. The van der Waals surface area contributed by atoms with Gasteiger partial charge in [-0.1, -0.05) is 0 Å². The Morgan fingerprint density at radius 1 is 0.483 bits per heavy atom. The topological polar surface area (TPSA) is 348 Å². The van der Waals surface area contributed by atoms with Crippen LogP contribution in [0.3, 0.4) is 0 Å². The first-order valence-electron chi connectivity index (χ1n) is 6.05. The summed E-state index contributed by atoms with van der Waals surface area (Å²) >= 11 is 0.300. The molecular formula is C10H21AlClN5O11Zr. The number of rotatable bonds is 5. The third-order valence-corrected chi connectivity index (χ3v) is 0.833. The van der Waals surface area contributed by atoms with Crippen LogP contribution < -0.4 is 54.2 Å². The fourth-order valence-corrected chi connectivity index (χ4v) is 0. The molecule has 0 saturated carbocycles. The Morgan fingerprint density at radius 2 is 0.517 bits per heavy atom. The molecule has 0 rings (SSSR count). The van der Waals surface area contributed by atoms with Gasteiger partial charge in [0.25, 0.3) is 0 Å². The van der Waals surface area contributed by atoms with E-state index >= 15 is 0 Å². The summed E-state index contributed by atoms with van der Waals surface area (Å²) < 4.78 is 8.34. The molecule has 19 heteroatoms. The van der Waals surface area contributed by atoms with Gasteiger partial charge in [-0.3, -0.25) is 0 Å². The molecule has 0 aromatic rings. The first-order chi connectivity index (χ1) is 12.4.